The molecule has 3 amide bonds. The Morgan fingerprint density at radius 3 is 2.81 bits per heavy atom. The maximum atomic E-state index is 12.3. The fourth-order valence-corrected chi connectivity index (χ4v) is 2.81. The van der Waals surface area contributed by atoms with Gasteiger partial charge in [0.25, 0.3) is 5.91 Å². The average molecular weight is 370 g/mol. The summed E-state index contributed by atoms with van der Waals surface area (Å²) in [4.78, 5) is 40.9. The van der Waals surface area contributed by atoms with Gasteiger partial charge in [0.2, 0.25) is 17.8 Å². The first-order valence-corrected chi connectivity index (χ1v) is 8.84. The van der Waals surface area contributed by atoms with E-state index in [1.165, 1.54) is 0 Å². The molecule has 0 spiro atoms. The summed E-state index contributed by atoms with van der Waals surface area (Å²) in [6, 6.07) is 5.98. The Kier molecular flexibility index (Phi) is 5.49. The SMILES string of the molecule is CC(C)Cc1nc(NC(=O)CCC2NC(=O)c3ccccc3NC2=O)n[nH]1. The van der Waals surface area contributed by atoms with Crippen LogP contribution in [0.1, 0.15) is 42.9 Å². The number of amides is 3. The quantitative estimate of drug-likeness (QED) is 0.612. The number of benzene rings is 1. The standard InChI is InChI=1S/C18H22N6O3/c1-10(2)9-14-21-18(24-23-14)22-15(25)8-7-13-17(27)19-12-6-4-3-5-11(12)16(26)20-13/h3-6,10,13H,7-9H2,1-2H3,(H,19,27)(H,20,26)(H2,21,22,23,24,25). The van der Waals surface area contributed by atoms with Crippen molar-refractivity contribution in [3.8, 4) is 0 Å². The number of hydrogen-bond donors (Lipinski definition) is 4. The number of carbonyl (C=O) groups is 3. The van der Waals surface area contributed by atoms with E-state index in [1.807, 2.05) is 0 Å². The topological polar surface area (TPSA) is 129 Å². The van der Waals surface area contributed by atoms with Crippen molar-refractivity contribution in [2.45, 2.75) is 39.2 Å². The predicted molar refractivity (Wildman–Crippen MR) is 99.1 cm³/mol. The highest BCUT2D eigenvalue weighted by Crippen LogP contribution is 2.19. The summed E-state index contributed by atoms with van der Waals surface area (Å²) in [5.74, 6) is 0.308. The molecule has 0 aliphatic carbocycles. The minimum absolute atomic E-state index is 0.0444. The third kappa shape index (κ3) is 4.69. The Bertz CT molecular complexity index is 860. The van der Waals surface area contributed by atoms with Gasteiger partial charge in [-0.2, -0.15) is 4.98 Å². The van der Waals surface area contributed by atoms with Crippen molar-refractivity contribution in [2.75, 3.05) is 10.6 Å². The summed E-state index contributed by atoms with van der Waals surface area (Å²) in [7, 11) is 0. The van der Waals surface area contributed by atoms with Crippen LogP contribution in [-0.2, 0) is 16.0 Å². The van der Waals surface area contributed by atoms with Crippen molar-refractivity contribution in [1.82, 2.24) is 20.5 Å². The molecule has 9 nitrogen and oxygen atoms in total. The van der Waals surface area contributed by atoms with Gasteiger partial charge in [0.15, 0.2) is 0 Å². The molecule has 2 heterocycles. The van der Waals surface area contributed by atoms with Gasteiger partial charge < -0.3 is 10.6 Å². The van der Waals surface area contributed by atoms with Crippen molar-refractivity contribution in [2.24, 2.45) is 5.92 Å². The van der Waals surface area contributed by atoms with E-state index in [9.17, 15) is 14.4 Å². The van der Waals surface area contributed by atoms with E-state index < -0.39 is 6.04 Å². The van der Waals surface area contributed by atoms with E-state index in [1.54, 1.807) is 24.3 Å². The molecule has 4 N–H and O–H groups in total. The Hall–Kier alpha value is -3.23. The normalized spacial score (nSPS) is 16.3. The summed E-state index contributed by atoms with van der Waals surface area (Å²) in [6.07, 6.45) is 0.946. The molecule has 0 saturated heterocycles. The van der Waals surface area contributed by atoms with Crippen molar-refractivity contribution in [1.29, 1.82) is 0 Å². The maximum Gasteiger partial charge on any atom is 0.254 e. The summed E-state index contributed by atoms with van der Waals surface area (Å²) >= 11 is 0. The van der Waals surface area contributed by atoms with Gasteiger partial charge in [0.05, 0.1) is 11.3 Å². The molecule has 3 rings (SSSR count). The first-order chi connectivity index (χ1) is 12.9. The van der Waals surface area contributed by atoms with Crippen LogP contribution in [0.25, 0.3) is 0 Å². The Balaban J connectivity index is 1.55. The van der Waals surface area contributed by atoms with E-state index in [0.717, 1.165) is 6.42 Å². The van der Waals surface area contributed by atoms with E-state index in [2.05, 4.69) is 45.0 Å². The number of rotatable bonds is 6. The molecular formula is C18H22N6O3. The van der Waals surface area contributed by atoms with Crippen LogP contribution in [0, 0.1) is 5.92 Å². The van der Waals surface area contributed by atoms with Gasteiger partial charge in [-0.25, -0.2) is 0 Å². The molecule has 1 aliphatic heterocycles. The molecule has 0 fully saturated rings. The maximum absolute atomic E-state index is 12.3. The van der Waals surface area contributed by atoms with E-state index in [4.69, 9.17) is 0 Å². The van der Waals surface area contributed by atoms with Gasteiger partial charge >= 0.3 is 0 Å². The fraction of sp³-hybridized carbons (Fsp3) is 0.389. The Labute approximate surface area is 156 Å². The number of fused-ring (bicyclic) bond motifs is 1. The van der Waals surface area contributed by atoms with Gasteiger partial charge in [0, 0.05) is 12.8 Å². The molecule has 0 bridgehead atoms. The largest absolute Gasteiger partial charge is 0.340 e. The molecule has 0 radical (unpaired) electrons. The summed E-state index contributed by atoms with van der Waals surface area (Å²) < 4.78 is 0. The zero-order valence-electron chi connectivity index (χ0n) is 15.2. The van der Waals surface area contributed by atoms with Crippen LogP contribution in [0.15, 0.2) is 24.3 Å². The molecule has 1 aliphatic rings. The first kappa shape index (κ1) is 18.6. The molecule has 142 valence electrons. The fourth-order valence-electron chi connectivity index (χ4n) is 2.81. The van der Waals surface area contributed by atoms with Crippen LogP contribution in [0.2, 0.25) is 0 Å². The molecule has 2 aromatic rings. The van der Waals surface area contributed by atoms with Gasteiger partial charge in [-0.3, -0.25) is 24.8 Å². The van der Waals surface area contributed by atoms with Crippen LogP contribution in [-0.4, -0.2) is 38.9 Å². The lowest BCUT2D eigenvalue weighted by molar-refractivity contribution is -0.118. The molecule has 9 heteroatoms. The van der Waals surface area contributed by atoms with Crippen LogP contribution in [0.5, 0.6) is 0 Å². The highest BCUT2D eigenvalue weighted by Gasteiger charge is 2.27. The van der Waals surface area contributed by atoms with Crippen molar-refractivity contribution >= 4 is 29.4 Å². The summed E-state index contributed by atoms with van der Waals surface area (Å²) in [5.41, 5.74) is 0.863. The number of H-pyrrole nitrogens is 1. The number of nitrogens with zero attached hydrogens (tertiary/aromatic N) is 2. The number of para-hydroxylation sites is 1. The minimum atomic E-state index is -0.792. The molecule has 1 unspecified atom stereocenters. The van der Waals surface area contributed by atoms with Crippen LogP contribution >= 0.6 is 0 Å². The lowest BCUT2D eigenvalue weighted by Gasteiger charge is -2.13. The lowest BCUT2D eigenvalue weighted by Crippen LogP contribution is -2.41. The highest BCUT2D eigenvalue weighted by molar-refractivity contribution is 6.09. The summed E-state index contributed by atoms with van der Waals surface area (Å²) in [6.45, 7) is 4.12. The van der Waals surface area contributed by atoms with Gasteiger partial charge in [0.1, 0.15) is 11.9 Å². The smallest absolute Gasteiger partial charge is 0.254 e. The van der Waals surface area contributed by atoms with E-state index in [0.29, 0.717) is 23.0 Å². The number of aromatic amines is 1. The van der Waals surface area contributed by atoms with Crippen molar-refractivity contribution in [3.05, 3.63) is 35.7 Å². The van der Waals surface area contributed by atoms with Crippen LogP contribution < -0.4 is 16.0 Å². The Morgan fingerprint density at radius 2 is 2.04 bits per heavy atom. The van der Waals surface area contributed by atoms with Gasteiger partial charge in [-0.15, -0.1) is 5.10 Å². The van der Waals surface area contributed by atoms with Gasteiger partial charge in [-0.1, -0.05) is 26.0 Å². The second-order valence-electron chi connectivity index (χ2n) is 6.85. The van der Waals surface area contributed by atoms with Crippen LogP contribution in [0.4, 0.5) is 11.6 Å². The van der Waals surface area contributed by atoms with Crippen molar-refractivity contribution < 1.29 is 14.4 Å². The van der Waals surface area contributed by atoms with Crippen LogP contribution in [0.3, 0.4) is 0 Å². The first-order valence-electron chi connectivity index (χ1n) is 8.84. The molecule has 0 saturated carbocycles. The second-order valence-corrected chi connectivity index (χ2v) is 6.85. The molecular weight excluding hydrogens is 348 g/mol. The number of hydrogen-bond acceptors (Lipinski definition) is 5. The zero-order valence-corrected chi connectivity index (χ0v) is 15.2. The molecule has 1 atom stereocenters. The van der Waals surface area contributed by atoms with E-state index >= 15 is 0 Å². The third-order valence-corrected chi connectivity index (χ3v) is 4.10. The second kappa shape index (κ2) is 7.98. The lowest BCUT2D eigenvalue weighted by atomic mass is 10.1. The number of carbonyl (C=O) groups excluding carboxylic acids is 3. The molecule has 1 aromatic carbocycles. The van der Waals surface area contributed by atoms with E-state index in [-0.39, 0.29) is 36.5 Å². The third-order valence-electron chi connectivity index (χ3n) is 4.10. The number of anilines is 2. The number of nitrogens with one attached hydrogen (secondary N) is 4. The zero-order chi connectivity index (χ0) is 19.4. The van der Waals surface area contributed by atoms with Gasteiger partial charge in [-0.05, 0) is 24.5 Å². The minimum Gasteiger partial charge on any atom is -0.340 e. The monoisotopic (exact) mass is 370 g/mol. The molecule has 27 heavy (non-hydrogen) atoms. The Morgan fingerprint density at radius 1 is 1.26 bits per heavy atom. The summed E-state index contributed by atoms with van der Waals surface area (Å²) in [5, 5.41) is 14.7. The average Bonchev–Trinajstić information content (AvgIpc) is 2.99. The predicted octanol–water partition coefficient (Wildman–Crippen LogP) is 1.47. The highest BCUT2D eigenvalue weighted by atomic mass is 16.2. The van der Waals surface area contributed by atoms with Crippen molar-refractivity contribution in [3.63, 3.8) is 0 Å². The molecule has 1 aromatic heterocycles. The number of aromatic nitrogens is 3.